The Morgan fingerprint density at radius 3 is 2.62 bits per heavy atom. The molecular formula is C16H29NO3S. The van der Waals surface area contributed by atoms with E-state index in [1.807, 2.05) is 0 Å². The molecule has 21 heavy (non-hydrogen) atoms. The minimum absolute atomic E-state index is 0.537. The lowest BCUT2D eigenvalue weighted by atomic mass is 9.80. The minimum atomic E-state index is -3.07. The van der Waals surface area contributed by atoms with Crippen LogP contribution in [0.15, 0.2) is 11.6 Å². The van der Waals surface area contributed by atoms with Gasteiger partial charge in [0.15, 0.2) is 9.84 Å². The first-order valence-electron chi connectivity index (χ1n) is 8.00. The predicted octanol–water partition coefficient (Wildman–Crippen LogP) is 2.16. The van der Waals surface area contributed by atoms with E-state index in [2.05, 4.69) is 25.2 Å². The van der Waals surface area contributed by atoms with Crippen LogP contribution in [0.1, 0.15) is 39.5 Å². The van der Waals surface area contributed by atoms with Crippen molar-refractivity contribution >= 4 is 9.84 Å². The number of nitrogens with one attached hydrogen (secondary N) is 1. The number of sulfone groups is 1. The molecule has 122 valence electrons. The lowest BCUT2D eigenvalue weighted by molar-refractivity contribution is 0.0742. The Morgan fingerprint density at radius 1 is 1.38 bits per heavy atom. The topological polar surface area (TPSA) is 55.4 Å². The highest BCUT2D eigenvalue weighted by Crippen LogP contribution is 2.31. The predicted molar refractivity (Wildman–Crippen MR) is 86.1 cm³/mol. The first-order chi connectivity index (χ1) is 9.86. The van der Waals surface area contributed by atoms with E-state index in [0.717, 1.165) is 6.54 Å². The van der Waals surface area contributed by atoms with Crippen LogP contribution in [0.5, 0.6) is 0 Å². The van der Waals surface area contributed by atoms with Crippen molar-refractivity contribution in [3.63, 3.8) is 0 Å². The van der Waals surface area contributed by atoms with Crippen molar-refractivity contribution in [2.75, 3.05) is 32.6 Å². The molecular weight excluding hydrogens is 286 g/mol. The summed E-state index contributed by atoms with van der Waals surface area (Å²) in [5.74, 6) is 1.21. The average molecular weight is 315 g/mol. The molecule has 2 aliphatic rings. The first-order valence-corrected chi connectivity index (χ1v) is 9.90. The Morgan fingerprint density at radius 2 is 2.05 bits per heavy atom. The second-order valence-corrected chi connectivity index (χ2v) is 9.22. The van der Waals surface area contributed by atoms with Crippen molar-refractivity contribution in [3.05, 3.63) is 11.6 Å². The molecule has 0 bridgehead atoms. The normalized spacial score (nSPS) is 30.0. The van der Waals surface area contributed by atoms with Crippen LogP contribution in [0, 0.1) is 11.8 Å². The van der Waals surface area contributed by atoms with Gasteiger partial charge in [0.2, 0.25) is 0 Å². The van der Waals surface area contributed by atoms with E-state index in [9.17, 15) is 8.42 Å². The van der Waals surface area contributed by atoms with Crippen LogP contribution in [-0.4, -0.2) is 45.7 Å². The number of hydrogen-bond acceptors (Lipinski definition) is 4. The van der Waals surface area contributed by atoms with Crippen molar-refractivity contribution in [1.29, 1.82) is 0 Å². The molecule has 1 N–H and O–H groups in total. The van der Waals surface area contributed by atoms with Crippen LogP contribution in [0.25, 0.3) is 0 Å². The average Bonchev–Trinajstić information content (AvgIpc) is 2.42. The number of ether oxygens (including phenoxy) is 1. The zero-order valence-electron chi connectivity index (χ0n) is 13.5. The van der Waals surface area contributed by atoms with Crippen molar-refractivity contribution in [1.82, 2.24) is 5.32 Å². The van der Waals surface area contributed by atoms with E-state index in [0.29, 0.717) is 44.4 Å². The fourth-order valence-corrected chi connectivity index (χ4v) is 4.89. The molecule has 0 spiro atoms. The zero-order chi connectivity index (χ0) is 15.5. The monoisotopic (exact) mass is 315 g/mol. The van der Waals surface area contributed by atoms with Gasteiger partial charge in [-0.25, -0.2) is 8.42 Å². The highest BCUT2D eigenvalue weighted by Gasteiger charge is 2.42. The summed E-state index contributed by atoms with van der Waals surface area (Å²) in [5.41, 5.74) is 1.45. The SMILES string of the molecule is CC1=CCCC(C)C1CNCC1(S(C)(=O)=O)CCOCC1. The van der Waals surface area contributed by atoms with Crippen molar-refractivity contribution in [2.45, 2.75) is 44.3 Å². The second-order valence-electron chi connectivity index (χ2n) is 6.81. The molecule has 0 aromatic heterocycles. The lowest BCUT2D eigenvalue weighted by Crippen LogP contribution is -2.51. The maximum absolute atomic E-state index is 12.2. The Bertz CT molecular complexity index is 478. The third-order valence-corrected chi connectivity index (χ3v) is 7.49. The molecule has 1 fully saturated rings. The lowest BCUT2D eigenvalue weighted by Gasteiger charge is -2.37. The van der Waals surface area contributed by atoms with Crippen molar-refractivity contribution in [2.24, 2.45) is 11.8 Å². The van der Waals surface area contributed by atoms with Gasteiger partial charge in [-0.15, -0.1) is 0 Å². The summed E-state index contributed by atoms with van der Waals surface area (Å²) in [6.07, 6.45) is 7.31. The Kier molecular flexibility index (Phi) is 5.49. The van der Waals surface area contributed by atoms with Gasteiger partial charge in [-0.05, 0) is 44.4 Å². The molecule has 1 saturated heterocycles. The highest BCUT2D eigenvalue weighted by molar-refractivity contribution is 7.92. The number of rotatable bonds is 5. The second kappa shape index (κ2) is 6.80. The standard InChI is InChI=1S/C16H29NO3S/c1-13-5-4-6-14(2)15(13)11-17-12-16(21(3,18)19)7-9-20-10-8-16/h5,14-15,17H,4,6-12H2,1-3H3. The first kappa shape index (κ1) is 17.0. The summed E-state index contributed by atoms with van der Waals surface area (Å²) in [5, 5.41) is 3.46. The summed E-state index contributed by atoms with van der Waals surface area (Å²) in [6.45, 7) is 7.01. The van der Waals surface area contributed by atoms with Crippen LogP contribution in [-0.2, 0) is 14.6 Å². The smallest absolute Gasteiger partial charge is 0.154 e. The molecule has 5 heteroatoms. The summed E-state index contributed by atoms with van der Waals surface area (Å²) in [7, 11) is -3.07. The molecule has 2 atom stereocenters. The molecule has 0 amide bonds. The van der Waals surface area contributed by atoms with E-state index in [4.69, 9.17) is 4.74 Å². The van der Waals surface area contributed by atoms with Crippen molar-refractivity contribution < 1.29 is 13.2 Å². The van der Waals surface area contributed by atoms with E-state index < -0.39 is 14.6 Å². The fourth-order valence-electron chi connectivity index (χ4n) is 3.61. The minimum Gasteiger partial charge on any atom is -0.381 e. The van der Waals surface area contributed by atoms with Gasteiger partial charge in [0, 0.05) is 32.6 Å². The van der Waals surface area contributed by atoms with E-state index in [-0.39, 0.29) is 0 Å². The molecule has 1 aliphatic heterocycles. The molecule has 4 nitrogen and oxygen atoms in total. The summed E-state index contributed by atoms with van der Waals surface area (Å²) in [6, 6.07) is 0. The van der Waals surface area contributed by atoms with Gasteiger partial charge in [-0.1, -0.05) is 18.6 Å². The van der Waals surface area contributed by atoms with Crippen molar-refractivity contribution in [3.8, 4) is 0 Å². The summed E-state index contributed by atoms with van der Waals surface area (Å²) in [4.78, 5) is 0. The van der Waals surface area contributed by atoms with Crippen LogP contribution in [0.4, 0.5) is 0 Å². The summed E-state index contributed by atoms with van der Waals surface area (Å²) < 4.78 is 29.1. The van der Waals surface area contributed by atoms with Crippen LogP contribution in [0.2, 0.25) is 0 Å². The van der Waals surface area contributed by atoms with E-state index in [1.54, 1.807) is 0 Å². The van der Waals surface area contributed by atoms with Gasteiger partial charge in [0.05, 0.1) is 4.75 Å². The van der Waals surface area contributed by atoms with Gasteiger partial charge in [0.25, 0.3) is 0 Å². The Labute approximate surface area is 129 Å². The Hall–Kier alpha value is -0.390. The van der Waals surface area contributed by atoms with Crippen LogP contribution >= 0.6 is 0 Å². The Balaban J connectivity index is 1.97. The van der Waals surface area contributed by atoms with Gasteiger partial charge >= 0.3 is 0 Å². The molecule has 0 aromatic carbocycles. The van der Waals surface area contributed by atoms with Gasteiger partial charge in [0.1, 0.15) is 0 Å². The molecule has 1 heterocycles. The van der Waals surface area contributed by atoms with Gasteiger partial charge in [-0.2, -0.15) is 0 Å². The van der Waals surface area contributed by atoms with Crippen LogP contribution in [0.3, 0.4) is 0 Å². The molecule has 2 rings (SSSR count). The largest absolute Gasteiger partial charge is 0.381 e. The number of allylic oxidation sites excluding steroid dienone is 1. The highest BCUT2D eigenvalue weighted by atomic mass is 32.2. The van der Waals surface area contributed by atoms with Gasteiger partial charge in [-0.3, -0.25) is 0 Å². The molecule has 0 saturated carbocycles. The number of hydrogen-bond donors (Lipinski definition) is 1. The van der Waals surface area contributed by atoms with E-state index >= 15 is 0 Å². The van der Waals surface area contributed by atoms with Gasteiger partial charge < -0.3 is 10.1 Å². The molecule has 0 radical (unpaired) electrons. The van der Waals surface area contributed by atoms with E-state index in [1.165, 1.54) is 24.7 Å². The molecule has 2 unspecified atom stereocenters. The molecule has 0 aromatic rings. The fraction of sp³-hybridized carbons (Fsp3) is 0.875. The van der Waals surface area contributed by atoms with Crippen LogP contribution < -0.4 is 5.32 Å². The maximum atomic E-state index is 12.2. The third-order valence-electron chi connectivity index (χ3n) is 5.36. The molecule has 1 aliphatic carbocycles. The summed E-state index contributed by atoms with van der Waals surface area (Å²) >= 11 is 0. The zero-order valence-corrected chi connectivity index (χ0v) is 14.3. The third kappa shape index (κ3) is 3.88. The quantitative estimate of drug-likeness (QED) is 0.790. The maximum Gasteiger partial charge on any atom is 0.154 e.